The Morgan fingerprint density at radius 3 is 2.62 bits per heavy atom. The second kappa shape index (κ2) is 8.65. The van der Waals surface area contributed by atoms with E-state index >= 15 is 0 Å². The minimum Gasteiger partial charge on any atom is -0.342 e. The van der Waals surface area contributed by atoms with Gasteiger partial charge in [0.15, 0.2) is 0 Å². The van der Waals surface area contributed by atoms with Gasteiger partial charge in [-0.15, -0.1) is 0 Å². The van der Waals surface area contributed by atoms with E-state index in [0.29, 0.717) is 0 Å². The number of aryl methyl sites for hydroxylation is 2. The molecular weight excluding hydrogens is 320 g/mol. The molecule has 0 aliphatic carbocycles. The molecule has 2 heterocycles. The van der Waals surface area contributed by atoms with Crippen molar-refractivity contribution in [3.8, 4) is 0 Å². The molecule has 0 aliphatic heterocycles. The van der Waals surface area contributed by atoms with E-state index in [1.54, 1.807) is 0 Å². The van der Waals surface area contributed by atoms with Gasteiger partial charge in [0.05, 0.1) is 16.9 Å². The number of rotatable bonds is 9. The zero-order valence-electron chi connectivity index (χ0n) is 16.7. The lowest BCUT2D eigenvalue weighted by molar-refractivity contribution is 0.296. The monoisotopic (exact) mass is 352 g/mol. The van der Waals surface area contributed by atoms with Crippen LogP contribution >= 0.6 is 0 Å². The zero-order chi connectivity index (χ0) is 18.5. The van der Waals surface area contributed by atoms with Crippen LogP contribution in [0.25, 0.3) is 21.8 Å². The van der Waals surface area contributed by atoms with Crippen LogP contribution in [0.15, 0.2) is 30.3 Å². The third-order valence-electron chi connectivity index (χ3n) is 5.39. The van der Waals surface area contributed by atoms with E-state index in [-0.39, 0.29) is 0 Å². The number of nitrogens with zero attached hydrogens (tertiary/aromatic N) is 3. The van der Waals surface area contributed by atoms with Gasteiger partial charge in [0.1, 0.15) is 0 Å². The van der Waals surface area contributed by atoms with Crippen molar-refractivity contribution in [1.82, 2.24) is 19.8 Å². The van der Waals surface area contributed by atoms with Gasteiger partial charge < -0.3 is 14.8 Å². The summed E-state index contributed by atoms with van der Waals surface area (Å²) in [6.07, 6.45) is 2.47. The van der Waals surface area contributed by atoms with Crippen molar-refractivity contribution in [2.45, 2.75) is 40.2 Å². The molecule has 0 saturated carbocycles. The van der Waals surface area contributed by atoms with Gasteiger partial charge in [0.25, 0.3) is 0 Å². The molecule has 0 atom stereocenters. The Hall–Kier alpha value is -1.91. The van der Waals surface area contributed by atoms with Gasteiger partial charge in [-0.25, -0.2) is 0 Å². The lowest BCUT2D eigenvalue weighted by atomic mass is 10.1. The molecule has 1 aromatic carbocycles. The lowest BCUT2D eigenvalue weighted by Crippen LogP contribution is -2.25. The van der Waals surface area contributed by atoms with Crippen molar-refractivity contribution >= 4 is 21.8 Å². The molecular formula is C22H32N4. The van der Waals surface area contributed by atoms with Crippen LogP contribution in [0.3, 0.4) is 0 Å². The summed E-state index contributed by atoms with van der Waals surface area (Å²) in [5.41, 5.74) is 4.76. The molecule has 4 heteroatoms. The summed E-state index contributed by atoms with van der Waals surface area (Å²) >= 11 is 0. The zero-order valence-corrected chi connectivity index (χ0v) is 16.7. The minimum absolute atomic E-state index is 0.839. The van der Waals surface area contributed by atoms with Crippen molar-refractivity contribution in [1.29, 1.82) is 0 Å². The first-order valence-corrected chi connectivity index (χ1v) is 9.92. The number of para-hydroxylation sites is 1. The summed E-state index contributed by atoms with van der Waals surface area (Å²) in [5, 5.41) is 6.20. The molecule has 0 spiro atoms. The van der Waals surface area contributed by atoms with Crippen LogP contribution in [0, 0.1) is 6.92 Å². The van der Waals surface area contributed by atoms with E-state index < -0.39 is 0 Å². The van der Waals surface area contributed by atoms with E-state index in [0.717, 1.165) is 37.6 Å². The van der Waals surface area contributed by atoms with E-state index in [9.17, 15) is 0 Å². The first-order valence-electron chi connectivity index (χ1n) is 9.92. The largest absolute Gasteiger partial charge is 0.342 e. The van der Waals surface area contributed by atoms with Gasteiger partial charge in [0, 0.05) is 29.9 Å². The third-order valence-corrected chi connectivity index (χ3v) is 5.39. The summed E-state index contributed by atoms with van der Waals surface area (Å²) in [5.74, 6) is 0. The van der Waals surface area contributed by atoms with Crippen molar-refractivity contribution in [2.75, 3.05) is 26.2 Å². The highest BCUT2D eigenvalue weighted by Gasteiger charge is 2.12. The number of benzene rings is 1. The Bertz CT molecular complexity index is 861. The Morgan fingerprint density at radius 1 is 1.08 bits per heavy atom. The van der Waals surface area contributed by atoms with Crippen LogP contribution in [0.1, 0.15) is 38.1 Å². The summed E-state index contributed by atoms with van der Waals surface area (Å²) < 4.78 is 2.26. The molecule has 3 aromatic rings. The molecule has 0 fully saturated rings. The van der Waals surface area contributed by atoms with Crippen molar-refractivity contribution in [3.63, 3.8) is 0 Å². The van der Waals surface area contributed by atoms with Gasteiger partial charge in [-0.3, -0.25) is 4.98 Å². The van der Waals surface area contributed by atoms with Crippen LogP contribution in [-0.2, 0) is 13.6 Å². The topological polar surface area (TPSA) is 33.1 Å². The molecule has 4 nitrogen and oxygen atoms in total. The molecule has 0 unspecified atom stereocenters. The summed E-state index contributed by atoms with van der Waals surface area (Å²) in [4.78, 5) is 7.32. The number of fused-ring (bicyclic) bond motifs is 3. The number of hydrogen-bond acceptors (Lipinski definition) is 3. The third kappa shape index (κ3) is 3.92. The van der Waals surface area contributed by atoms with Gasteiger partial charge in [-0.1, -0.05) is 32.0 Å². The highest BCUT2D eigenvalue weighted by Crippen LogP contribution is 2.29. The lowest BCUT2D eigenvalue weighted by Gasteiger charge is -2.17. The molecule has 1 N–H and O–H groups in total. The van der Waals surface area contributed by atoms with Gasteiger partial charge in [-0.05, 0) is 58.1 Å². The fourth-order valence-electron chi connectivity index (χ4n) is 3.91. The maximum absolute atomic E-state index is 4.84. The van der Waals surface area contributed by atoms with E-state index in [1.807, 2.05) is 0 Å². The normalized spacial score (nSPS) is 11.9. The first-order chi connectivity index (χ1) is 12.7. The fraction of sp³-hybridized carbons (Fsp3) is 0.500. The molecule has 0 saturated heterocycles. The maximum Gasteiger partial charge on any atom is 0.0705 e. The summed E-state index contributed by atoms with van der Waals surface area (Å²) in [6.45, 7) is 12.0. The van der Waals surface area contributed by atoms with Crippen molar-refractivity contribution < 1.29 is 0 Å². The Labute approximate surface area is 157 Å². The fourth-order valence-corrected chi connectivity index (χ4v) is 3.91. The number of unbranched alkanes of at least 4 members (excludes halogenated alkanes) is 1. The predicted octanol–water partition coefficient (Wildman–Crippen LogP) is 4.25. The van der Waals surface area contributed by atoms with Crippen molar-refractivity contribution in [3.05, 3.63) is 41.7 Å². The van der Waals surface area contributed by atoms with Crippen LogP contribution in [0.2, 0.25) is 0 Å². The van der Waals surface area contributed by atoms with Crippen LogP contribution in [-0.4, -0.2) is 40.6 Å². The Morgan fingerprint density at radius 2 is 1.85 bits per heavy atom. The second-order valence-electron chi connectivity index (χ2n) is 7.08. The average Bonchev–Trinajstić information content (AvgIpc) is 2.94. The Kier molecular flexibility index (Phi) is 6.28. The summed E-state index contributed by atoms with van der Waals surface area (Å²) in [6, 6.07) is 10.9. The molecule has 0 aliphatic rings. The number of hydrogen-bond donors (Lipinski definition) is 1. The van der Waals surface area contributed by atoms with E-state index in [2.05, 4.69) is 72.9 Å². The number of pyridine rings is 1. The van der Waals surface area contributed by atoms with Crippen LogP contribution in [0.4, 0.5) is 0 Å². The Balaban J connectivity index is 1.63. The standard InChI is InChI=1S/C22H32N4/c1-5-26(6-2)14-10-9-13-23-16-18-15-20-19-11-7-8-12-21(19)25(4)22(20)17(3)24-18/h7-8,11-12,15,23H,5-6,9-10,13-14,16H2,1-4H3. The summed E-state index contributed by atoms with van der Waals surface area (Å²) in [7, 11) is 2.13. The second-order valence-corrected chi connectivity index (χ2v) is 7.08. The maximum atomic E-state index is 4.84. The quantitative estimate of drug-likeness (QED) is 0.585. The van der Waals surface area contributed by atoms with Crippen LogP contribution in [0.5, 0.6) is 0 Å². The molecule has 0 bridgehead atoms. The first kappa shape index (κ1) is 18.9. The molecule has 0 radical (unpaired) electrons. The van der Waals surface area contributed by atoms with E-state index in [1.165, 1.54) is 41.2 Å². The highest BCUT2D eigenvalue weighted by atomic mass is 15.1. The predicted molar refractivity (Wildman–Crippen MR) is 112 cm³/mol. The van der Waals surface area contributed by atoms with E-state index in [4.69, 9.17) is 4.98 Å². The molecule has 3 rings (SSSR count). The van der Waals surface area contributed by atoms with Crippen molar-refractivity contribution in [2.24, 2.45) is 7.05 Å². The molecule has 140 valence electrons. The molecule has 0 amide bonds. The number of aromatic nitrogens is 2. The molecule has 26 heavy (non-hydrogen) atoms. The highest BCUT2D eigenvalue weighted by molar-refractivity contribution is 6.08. The SMILES string of the molecule is CCN(CC)CCCCNCc1cc2c3ccccc3n(C)c2c(C)n1. The van der Waals surface area contributed by atoms with Crippen LogP contribution < -0.4 is 5.32 Å². The van der Waals surface area contributed by atoms with Gasteiger partial charge in [-0.2, -0.15) is 0 Å². The minimum atomic E-state index is 0.839. The molecule has 2 aromatic heterocycles. The average molecular weight is 353 g/mol. The van der Waals surface area contributed by atoms with Gasteiger partial charge in [0.2, 0.25) is 0 Å². The smallest absolute Gasteiger partial charge is 0.0705 e. The van der Waals surface area contributed by atoms with Gasteiger partial charge >= 0.3 is 0 Å². The number of nitrogens with one attached hydrogen (secondary N) is 1.